The number of imidazole rings is 1. The van der Waals surface area contributed by atoms with Crippen LogP contribution in [0, 0.1) is 0 Å². The molecule has 0 saturated carbocycles. The minimum atomic E-state index is -5.82. The number of unbranched alkanes of at least 4 members (excludes halogenated alkanes) is 3. The average Bonchev–Trinajstić information content (AvgIpc) is 4.15. The topological polar surface area (TPSA) is 350 Å². The van der Waals surface area contributed by atoms with Crippen LogP contribution in [0.5, 0.6) is 11.5 Å². The van der Waals surface area contributed by atoms with Gasteiger partial charge < -0.3 is 55.4 Å². The number of amides is 1. The summed E-state index contributed by atoms with van der Waals surface area (Å²) in [5.41, 5.74) is 14.5. The molecule has 25 nitrogen and oxygen atoms in total. The van der Waals surface area contributed by atoms with E-state index in [4.69, 9.17) is 24.3 Å². The van der Waals surface area contributed by atoms with Crippen molar-refractivity contribution in [3.63, 3.8) is 0 Å². The summed E-state index contributed by atoms with van der Waals surface area (Å²) in [6.45, 7) is 2.73. The molecule has 6 aliphatic heterocycles. The normalized spacial score (nSPS) is 22.7. The zero-order chi connectivity index (χ0) is 54.0. The number of aliphatic hydroxyl groups is 2. The Balaban J connectivity index is 0.698. The molecule has 1 saturated heterocycles. The standard InChI is InChI=1S/C49H57N8O17P3/c50-45-38-46(53-25-52-45)57(26-54-38)48-42(59)41(58)36(71-48)24-70-76(65,66)74-77(67,68)73-75(63,64)69-20-4-2-1-3-15-51-47(60)29-13-14-30(49(61)62)33(23-29)37-34-21-27-9-5-16-55-18-7-11-31(39(27)55)43(34)72-44-32-12-8-19-56-17-6-10-28(40(32)56)22-35(37)44/h13-14,21-23,25-26,36,41-42,48,58-59H,1-12,15-20,24H2,(H6-,50,51,52,53,60,61,62,63,64,65,66,67,68)/p+1/t36-,41-,42-,48-/m1/s1. The van der Waals surface area contributed by atoms with Gasteiger partial charge in [-0.05, 0) is 92.8 Å². The first kappa shape index (κ1) is 53.5. The van der Waals surface area contributed by atoms with Crippen LogP contribution in [0.1, 0.15) is 112 Å². The molecule has 28 heteroatoms. The van der Waals surface area contributed by atoms with Crippen LogP contribution in [-0.4, -0.2) is 126 Å². The Kier molecular flexibility index (Phi) is 14.8. The van der Waals surface area contributed by atoms with Gasteiger partial charge in [0.2, 0.25) is 5.36 Å². The fraction of sp³-hybridized carbons (Fsp3) is 0.469. The zero-order valence-electron chi connectivity index (χ0n) is 41.6. The molecular weight excluding hydrogens is 1070 g/mol. The summed E-state index contributed by atoms with van der Waals surface area (Å²) in [7, 11) is -16.8. The molecule has 8 heterocycles. The molecule has 5 aromatic rings. The number of nitrogen functional groups attached to an aromatic ring is 1. The zero-order valence-corrected chi connectivity index (χ0v) is 44.2. The molecule has 11 rings (SSSR count). The Bertz CT molecular complexity index is 3500. The lowest BCUT2D eigenvalue weighted by molar-refractivity contribution is -0.0503. The second-order valence-corrected chi connectivity index (χ2v) is 24.5. The molecule has 0 bridgehead atoms. The Morgan fingerprint density at radius 3 is 2.32 bits per heavy atom. The number of aromatic carboxylic acids is 1. The van der Waals surface area contributed by atoms with E-state index in [0.717, 1.165) is 123 Å². The largest absolute Gasteiger partial charge is 0.490 e. The average molecular weight is 1120 g/mol. The van der Waals surface area contributed by atoms with Gasteiger partial charge in [-0.3, -0.25) is 18.4 Å². The first-order chi connectivity index (χ1) is 36.9. The van der Waals surface area contributed by atoms with Gasteiger partial charge in [0.15, 0.2) is 17.7 Å². The number of nitrogens with one attached hydrogen (secondary N) is 1. The van der Waals surface area contributed by atoms with Crippen molar-refractivity contribution in [1.29, 1.82) is 0 Å². The van der Waals surface area contributed by atoms with Crippen molar-refractivity contribution < 1.29 is 80.4 Å². The predicted molar refractivity (Wildman–Crippen MR) is 274 cm³/mol. The molecule has 3 unspecified atom stereocenters. The molecule has 0 aliphatic carbocycles. The van der Waals surface area contributed by atoms with Crippen LogP contribution in [0.25, 0.3) is 16.7 Å². The number of carbonyl (C=O) groups is 2. The Morgan fingerprint density at radius 1 is 0.805 bits per heavy atom. The molecule has 3 aromatic carbocycles. The number of benzene rings is 3. The number of fused-ring (bicyclic) bond motifs is 5. The van der Waals surface area contributed by atoms with Crippen molar-refractivity contribution in [2.75, 3.05) is 56.6 Å². The summed E-state index contributed by atoms with van der Waals surface area (Å²) < 4.78 is 72.0. The number of carbonyl (C=O) groups excluding carboxylic acids is 1. The second kappa shape index (κ2) is 21.3. The van der Waals surface area contributed by atoms with Crippen LogP contribution in [0.3, 0.4) is 0 Å². The number of aromatic nitrogens is 4. The van der Waals surface area contributed by atoms with Gasteiger partial charge in [0.1, 0.15) is 54.7 Å². The number of carboxylic acids is 1. The molecule has 1 amide bonds. The molecule has 410 valence electrons. The monoisotopic (exact) mass is 1120 g/mol. The first-order valence-electron chi connectivity index (χ1n) is 25.6. The third-order valence-electron chi connectivity index (χ3n) is 14.9. The molecule has 6 aliphatic rings. The molecule has 9 N–H and O–H groups in total. The number of hydrogen-bond donors (Lipinski definition) is 8. The molecule has 0 radical (unpaired) electrons. The summed E-state index contributed by atoms with van der Waals surface area (Å²) in [5, 5.41) is 36.9. The summed E-state index contributed by atoms with van der Waals surface area (Å²) in [5.74, 6) is 0.0489. The van der Waals surface area contributed by atoms with E-state index in [1.165, 1.54) is 45.2 Å². The molecule has 1 fully saturated rings. The second-order valence-electron chi connectivity index (χ2n) is 19.9. The SMILES string of the molecule is Nc1ncnc2c1ncn2[C@@H]1O[C@H](COP(=O)(O)OP(=O)(O)OP(=O)(O)OCCCCCCNC(=O)c2ccc(C(=O)O)c(C3=c4cc5c6c(c4Oc4c3cc3c7c4CCCN7CCC3)CCC[N+]=6CCC5)c2)[C@@H](O)[C@H]1O. The van der Waals surface area contributed by atoms with Crippen LogP contribution in [0.2, 0.25) is 0 Å². The summed E-state index contributed by atoms with van der Waals surface area (Å²) in [4.78, 5) is 71.7. The van der Waals surface area contributed by atoms with E-state index in [-0.39, 0.29) is 41.1 Å². The lowest BCUT2D eigenvalue weighted by Crippen LogP contribution is -2.45. The highest BCUT2D eigenvalue weighted by Crippen LogP contribution is 2.68. The molecule has 2 aromatic heterocycles. The van der Waals surface area contributed by atoms with E-state index in [9.17, 15) is 53.3 Å². The Morgan fingerprint density at radius 2 is 1.53 bits per heavy atom. The first-order valence-corrected chi connectivity index (χ1v) is 30.1. The van der Waals surface area contributed by atoms with Crippen LogP contribution >= 0.6 is 23.5 Å². The van der Waals surface area contributed by atoms with Gasteiger partial charge in [0.05, 0.1) is 30.7 Å². The highest BCUT2D eigenvalue weighted by molar-refractivity contribution is 7.66. The highest BCUT2D eigenvalue weighted by atomic mass is 31.3. The Labute approximate surface area is 439 Å². The number of phosphoric acid groups is 3. The van der Waals surface area contributed by atoms with Crippen LogP contribution in [0.15, 0.2) is 43.0 Å². The van der Waals surface area contributed by atoms with Gasteiger partial charge in [-0.2, -0.15) is 8.62 Å². The Hall–Kier alpha value is -5.49. The molecule has 0 spiro atoms. The number of nitrogens with zero attached hydrogens (tertiary/aromatic N) is 6. The number of nitrogens with two attached hydrogens (primary N) is 1. The maximum Gasteiger partial charge on any atom is 0.490 e. The van der Waals surface area contributed by atoms with Crippen LogP contribution < -0.4 is 35.8 Å². The van der Waals surface area contributed by atoms with Gasteiger partial charge >= 0.3 is 29.4 Å². The van der Waals surface area contributed by atoms with Crippen molar-refractivity contribution in [3.05, 3.63) is 98.1 Å². The number of anilines is 2. The number of rotatable bonds is 19. The third-order valence-corrected chi connectivity index (χ3v) is 19.2. The quantitative estimate of drug-likeness (QED) is 0.0327. The van der Waals surface area contributed by atoms with E-state index in [1.54, 1.807) is 6.07 Å². The highest BCUT2D eigenvalue weighted by Gasteiger charge is 2.48. The van der Waals surface area contributed by atoms with Gasteiger partial charge in [-0.25, -0.2) is 38.0 Å². The summed E-state index contributed by atoms with van der Waals surface area (Å²) >= 11 is 0. The van der Waals surface area contributed by atoms with Crippen molar-refractivity contribution in [2.45, 2.75) is 102 Å². The summed E-state index contributed by atoms with van der Waals surface area (Å²) in [6, 6.07) is 9.06. The van der Waals surface area contributed by atoms with Crippen molar-refractivity contribution in [2.24, 2.45) is 0 Å². The van der Waals surface area contributed by atoms with E-state index in [1.807, 2.05) is 0 Å². The smallest absolute Gasteiger partial charge is 0.478 e. The third kappa shape index (κ3) is 10.6. The number of carboxylic acid groups (broad SMARTS) is 1. The van der Waals surface area contributed by atoms with Crippen LogP contribution in [-0.2, 0) is 61.8 Å². The van der Waals surface area contributed by atoms with E-state index >= 15 is 0 Å². The molecule has 77 heavy (non-hydrogen) atoms. The van der Waals surface area contributed by atoms with Crippen molar-refractivity contribution >= 4 is 63.6 Å². The molecular formula is C49H58N8O17P3+. The van der Waals surface area contributed by atoms with Gasteiger partial charge in [-0.1, -0.05) is 12.8 Å². The maximum atomic E-state index is 13.9. The fourth-order valence-electron chi connectivity index (χ4n) is 11.6. The number of aryl methyl sites for hydroxylation is 2. The lowest BCUT2D eigenvalue weighted by Gasteiger charge is -2.39. The van der Waals surface area contributed by atoms with Gasteiger partial charge in [-0.15, -0.1) is 0 Å². The predicted octanol–water partition coefficient (Wildman–Crippen LogP) is 3.52. The number of phosphoric ester groups is 2. The van der Waals surface area contributed by atoms with Crippen molar-refractivity contribution in [3.8, 4) is 11.5 Å². The van der Waals surface area contributed by atoms with E-state index in [2.05, 4.69) is 50.5 Å². The van der Waals surface area contributed by atoms with Gasteiger partial charge in [0.25, 0.3) is 5.91 Å². The number of aliphatic hydroxyl groups excluding tert-OH is 2. The number of ether oxygens (including phenoxy) is 2. The summed E-state index contributed by atoms with van der Waals surface area (Å²) in [6.07, 6.45) is 5.18. The number of hydrogen-bond acceptors (Lipinski definition) is 18. The minimum Gasteiger partial charge on any atom is -0.478 e. The molecule has 7 atom stereocenters. The maximum absolute atomic E-state index is 13.9. The lowest BCUT2D eigenvalue weighted by atomic mass is 9.81. The van der Waals surface area contributed by atoms with Gasteiger partial charge in [0, 0.05) is 71.2 Å². The minimum absolute atomic E-state index is 0.0311. The van der Waals surface area contributed by atoms with E-state index in [0.29, 0.717) is 24.8 Å². The fourth-order valence-corrected chi connectivity index (χ4v) is 15.1. The van der Waals surface area contributed by atoms with Crippen LogP contribution in [0.4, 0.5) is 11.5 Å². The van der Waals surface area contributed by atoms with E-state index < -0.39 is 73.1 Å². The van der Waals surface area contributed by atoms with Crippen molar-refractivity contribution in [1.82, 2.24) is 29.4 Å².